The minimum Gasteiger partial charge on any atom is -0.396 e. The summed E-state index contributed by atoms with van der Waals surface area (Å²) in [4.78, 5) is -0.852. The zero-order valence-corrected chi connectivity index (χ0v) is 19.0. The van der Waals surface area contributed by atoms with Crippen molar-refractivity contribution in [1.82, 2.24) is 0 Å². The summed E-state index contributed by atoms with van der Waals surface area (Å²) in [5, 5.41) is 9.61. The molecule has 5 nitrogen and oxygen atoms in total. The third-order valence-electron chi connectivity index (χ3n) is 5.43. The van der Waals surface area contributed by atoms with Gasteiger partial charge in [-0.2, -0.15) is 0 Å². The average molecular weight is 477 g/mol. The van der Waals surface area contributed by atoms with E-state index in [1.807, 2.05) is 6.07 Å². The summed E-state index contributed by atoms with van der Waals surface area (Å²) in [6.45, 7) is -0.556. The number of rotatable bonds is 10. The number of hydrogen-bond donors (Lipinski definition) is 1. The molecule has 0 aliphatic heterocycles. The lowest BCUT2D eigenvalue weighted by atomic mass is 9.97. The van der Waals surface area contributed by atoms with Gasteiger partial charge in [0.1, 0.15) is 0 Å². The maximum Gasteiger partial charge on any atom is 0.320 e. The fraction of sp³-hybridized carbons (Fsp3) is 0.250. The summed E-state index contributed by atoms with van der Waals surface area (Å²) < 4.78 is 67.6. The van der Waals surface area contributed by atoms with Crippen LogP contribution in [0.5, 0.6) is 0 Å². The molecule has 0 unspecified atom stereocenters. The van der Waals surface area contributed by atoms with Gasteiger partial charge in [-0.3, -0.25) is 0 Å². The molecule has 0 saturated heterocycles. The lowest BCUT2D eigenvalue weighted by Crippen LogP contribution is -2.49. The smallest absolute Gasteiger partial charge is 0.320 e. The van der Waals surface area contributed by atoms with Crippen molar-refractivity contribution in [2.45, 2.75) is 33.4 Å². The minimum absolute atomic E-state index is 0.0841. The fourth-order valence-electron chi connectivity index (χ4n) is 3.73. The molecule has 3 aromatic carbocycles. The fourth-order valence-corrected chi connectivity index (χ4v) is 8.49. The Balaban J connectivity index is 2.18. The first-order chi connectivity index (χ1) is 15.2. The lowest BCUT2D eigenvalue weighted by Gasteiger charge is -2.33. The van der Waals surface area contributed by atoms with Gasteiger partial charge in [-0.05, 0) is 49.1 Å². The Bertz CT molecular complexity index is 1140. The van der Waals surface area contributed by atoms with Crippen molar-refractivity contribution in [2.24, 2.45) is 5.92 Å². The van der Waals surface area contributed by atoms with Gasteiger partial charge < -0.3 is 5.11 Å². The molecule has 170 valence electrons. The molecule has 0 aliphatic carbocycles. The van der Waals surface area contributed by atoms with Gasteiger partial charge in [-0.15, -0.1) is 0 Å². The van der Waals surface area contributed by atoms with E-state index in [1.165, 1.54) is 48.5 Å². The van der Waals surface area contributed by atoms with Gasteiger partial charge in [-0.1, -0.05) is 66.7 Å². The molecule has 0 radical (unpaired) electrons. The van der Waals surface area contributed by atoms with Gasteiger partial charge >= 0.3 is 4.33 Å². The number of aliphatic hydroxyl groups is 1. The van der Waals surface area contributed by atoms with Gasteiger partial charge in [0, 0.05) is 12.5 Å². The van der Waals surface area contributed by atoms with E-state index in [9.17, 15) is 21.9 Å². The van der Waals surface area contributed by atoms with Crippen molar-refractivity contribution in [3.8, 4) is 0 Å². The Morgan fingerprint density at radius 2 is 1.09 bits per heavy atom. The normalized spacial score (nSPS) is 13.6. The number of benzene rings is 3. The Hall–Kier alpha value is -2.55. The van der Waals surface area contributed by atoms with Crippen molar-refractivity contribution < 1.29 is 26.3 Å². The molecule has 0 amide bonds. The maximum atomic E-state index is 17.0. The number of aryl methyl sites for hydroxylation is 1. The van der Waals surface area contributed by atoms with Crippen LogP contribution in [-0.2, 0) is 26.1 Å². The third-order valence-corrected chi connectivity index (χ3v) is 10.7. The molecule has 1 N–H and O–H groups in total. The first-order valence-corrected chi connectivity index (χ1v) is 13.1. The van der Waals surface area contributed by atoms with Crippen LogP contribution in [-0.4, -0.2) is 32.9 Å². The van der Waals surface area contributed by atoms with E-state index >= 15 is 4.39 Å². The van der Waals surface area contributed by atoms with E-state index < -0.39 is 46.3 Å². The SMILES string of the molecule is O=S(=O)(c1ccccc1)C(F)([C@@H](CCO)CCc1ccccc1)S(=O)(=O)c1ccccc1. The monoisotopic (exact) mass is 476 g/mol. The van der Waals surface area contributed by atoms with Gasteiger partial charge in [0.2, 0.25) is 19.7 Å². The summed E-state index contributed by atoms with van der Waals surface area (Å²) in [6, 6.07) is 22.5. The van der Waals surface area contributed by atoms with Crippen LogP contribution in [0, 0.1) is 5.92 Å². The predicted molar refractivity (Wildman–Crippen MR) is 121 cm³/mol. The second-order valence-electron chi connectivity index (χ2n) is 7.45. The van der Waals surface area contributed by atoms with Crippen LogP contribution < -0.4 is 0 Å². The number of halogens is 1. The van der Waals surface area contributed by atoms with Crippen LogP contribution in [0.3, 0.4) is 0 Å². The molecule has 0 aliphatic rings. The summed E-state index contributed by atoms with van der Waals surface area (Å²) in [5.74, 6) is -1.50. The number of sulfone groups is 2. The highest BCUT2D eigenvalue weighted by molar-refractivity contribution is 8.10. The van der Waals surface area contributed by atoms with E-state index in [0.29, 0.717) is 0 Å². The summed E-state index contributed by atoms with van der Waals surface area (Å²) in [6.07, 6.45) is -0.160. The molecule has 0 saturated carbocycles. The number of alkyl halides is 1. The highest BCUT2D eigenvalue weighted by Crippen LogP contribution is 2.45. The van der Waals surface area contributed by atoms with Crippen LogP contribution in [0.2, 0.25) is 0 Å². The molecule has 32 heavy (non-hydrogen) atoms. The Kier molecular flexibility index (Phi) is 7.48. The molecule has 0 fully saturated rings. The Labute approximate surface area is 188 Å². The first kappa shape index (κ1) is 24.1. The topological polar surface area (TPSA) is 88.5 Å². The highest BCUT2D eigenvalue weighted by atomic mass is 32.3. The minimum atomic E-state index is -5.00. The van der Waals surface area contributed by atoms with Gasteiger partial charge in [0.15, 0.2) is 0 Å². The van der Waals surface area contributed by atoms with Crippen molar-refractivity contribution >= 4 is 19.7 Å². The van der Waals surface area contributed by atoms with Crippen molar-refractivity contribution in [3.63, 3.8) is 0 Å². The first-order valence-electron chi connectivity index (χ1n) is 10.2. The van der Waals surface area contributed by atoms with Gasteiger partial charge in [0.25, 0.3) is 0 Å². The molecular formula is C24H25FO5S2. The second kappa shape index (κ2) is 9.94. The predicted octanol–water partition coefficient (Wildman–Crippen LogP) is 4.19. The zero-order chi connectivity index (χ0) is 23.2. The van der Waals surface area contributed by atoms with Crippen molar-refractivity contribution in [1.29, 1.82) is 0 Å². The van der Waals surface area contributed by atoms with Crippen LogP contribution in [0.4, 0.5) is 4.39 Å². The summed E-state index contributed by atoms with van der Waals surface area (Å²) in [7, 11) is -10.00. The Morgan fingerprint density at radius 3 is 1.50 bits per heavy atom. The molecule has 1 atom stereocenters. The van der Waals surface area contributed by atoms with Gasteiger partial charge in [-0.25, -0.2) is 21.2 Å². The molecule has 0 bridgehead atoms. The number of hydrogen-bond acceptors (Lipinski definition) is 5. The van der Waals surface area contributed by atoms with Gasteiger partial charge in [0.05, 0.1) is 9.79 Å². The van der Waals surface area contributed by atoms with E-state index in [0.717, 1.165) is 5.56 Å². The Morgan fingerprint density at radius 1 is 0.688 bits per heavy atom. The lowest BCUT2D eigenvalue weighted by molar-refractivity contribution is 0.185. The van der Waals surface area contributed by atoms with Crippen LogP contribution in [0.15, 0.2) is 101 Å². The molecule has 0 heterocycles. The second-order valence-corrected chi connectivity index (χ2v) is 11.9. The highest BCUT2D eigenvalue weighted by Gasteiger charge is 2.61. The molecular weight excluding hydrogens is 451 g/mol. The molecule has 0 aromatic heterocycles. The zero-order valence-electron chi connectivity index (χ0n) is 17.3. The average Bonchev–Trinajstić information content (AvgIpc) is 2.82. The molecule has 3 rings (SSSR count). The quantitative estimate of drug-likeness (QED) is 0.474. The molecule has 0 spiro atoms. The van der Waals surface area contributed by atoms with E-state index in [2.05, 4.69) is 0 Å². The third kappa shape index (κ3) is 4.48. The van der Waals surface area contributed by atoms with Crippen LogP contribution in [0.25, 0.3) is 0 Å². The van der Waals surface area contributed by atoms with E-state index in [-0.39, 0.29) is 19.3 Å². The molecule has 8 heteroatoms. The largest absolute Gasteiger partial charge is 0.396 e. The summed E-state index contributed by atoms with van der Waals surface area (Å²) >= 11 is 0. The number of aliphatic hydroxyl groups excluding tert-OH is 1. The maximum absolute atomic E-state index is 17.0. The van der Waals surface area contributed by atoms with Crippen molar-refractivity contribution in [2.75, 3.05) is 6.61 Å². The van der Waals surface area contributed by atoms with Crippen molar-refractivity contribution in [3.05, 3.63) is 96.6 Å². The van der Waals surface area contributed by atoms with Crippen LogP contribution >= 0.6 is 0 Å². The standard InChI is InChI=1S/C24H25FO5S2/c25-24(31(27,28)22-12-6-2-7-13-22,32(29,30)23-14-8-3-9-15-23)21(18-19-26)17-16-20-10-4-1-5-11-20/h1-15,21,26H,16-19H2/t21-/m1/s1. The van der Waals surface area contributed by atoms with Crippen LogP contribution in [0.1, 0.15) is 18.4 Å². The molecule has 3 aromatic rings. The summed E-state index contributed by atoms with van der Waals surface area (Å²) in [5.41, 5.74) is 0.812. The van der Waals surface area contributed by atoms with E-state index in [1.54, 1.807) is 36.4 Å². The van der Waals surface area contributed by atoms with E-state index in [4.69, 9.17) is 0 Å².